The first-order chi connectivity index (χ1) is 5.40. The maximum Gasteiger partial charge on any atom is 0.363 e. The Morgan fingerprint density at radius 2 is 2.17 bits per heavy atom. The third-order valence-corrected chi connectivity index (χ3v) is 1.74. The van der Waals surface area contributed by atoms with Crippen LogP contribution in [0.25, 0.3) is 0 Å². The number of hydrogen-bond donors (Lipinski definition) is 2. The molecule has 0 heterocycles. The van der Waals surface area contributed by atoms with Crippen LogP contribution in [0.5, 0.6) is 0 Å². The first-order valence-electron chi connectivity index (χ1n) is 4.00. The van der Waals surface area contributed by atoms with Gasteiger partial charge in [-0.25, -0.2) is 4.79 Å². The van der Waals surface area contributed by atoms with Gasteiger partial charge in [0.15, 0.2) is 0 Å². The highest BCUT2D eigenvalue weighted by Crippen LogP contribution is 2.10. The standard InChI is InChI=1S/C8H16O4/c1-4-6(2)5-12-8(3,11)7(9)10/h6,11H,4-5H2,1-3H3,(H,9,10)/t6-,8-/m0/s1. The van der Waals surface area contributed by atoms with Crippen LogP contribution in [-0.4, -0.2) is 28.6 Å². The van der Waals surface area contributed by atoms with Crippen molar-refractivity contribution in [3.05, 3.63) is 0 Å². The molecule has 0 aliphatic heterocycles. The van der Waals surface area contributed by atoms with Crippen LogP contribution in [0.2, 0.25) is 0 Å². The van der Waals surface area contributed by atoms with Crippen LogP contribution in [0.15, 0.2) is 0 Å². The first-order valence-corrected chi connectivity index (χ1v) is 4.00. The van der Waals surface area contributed by atoms with Gasteiger partial charge >= 0.3 is 5.97 Å². The van der Waals surface area contributed by atoms with Gasteiger partial charge in [-0.15, -0.1) is 0 Å². The van der Waals surface area contributed by atoms with Crippen LogP contribution >= 0.6 is 0 Å². The Balaban J connectivity index is 3.83. The normalized spacial score (nSPS) is 18.3. The Morgan fingerprint density at radius 1 is 1.67 bits per heavy atom. The summed E-state index contributed by atoms with van der Waals surface area (Å²) >= 11 is 0. The van der Waals surface area contributed by atoms with Crippen LogP contribution in [0, 0.1) is 5.92 Å². The monoisotopic (exact) mass is 176 g/mol. The zero-order chi connectivity index (χ0) is 9.78. The van der Waals surface area contributed by atoms with Crippen LogP contribution in [-0.2, 0) is 9.53 Å². The van der Waals surface area contributed by atoms with Crippen LogP contribution in [0.3, 0.4) is 0 Å². The molecule has 4 nitrogen and oxygen atoms in total. The van der Waals surface area contributed by atoms with Crippen LogP contribution < -0.4 is 0 Å². The van der Waals surface area contributed by atoms with Crippen molar-refractivity contribution < 1.29 is 19.7 Å². The van der Waals surface area contributed by atoms with Gasteiger partial charge in [0.1, 0.15) is 0 Å². The quantitative estimate of drug-likeness (QED) is 0.609. The van der Waals surface area contributed by atoms with Gasteiger partial charge in [-0.3, -0.25) is 0 Å². The van der Waals surface area contributed by atoms with Crippen LogP contribution in [0.1, 0.15) is 27.2 Å². The lowest BCUT2D eigenvalue weighted by atomic mass is 10.1. The molecule has 0 bridgehead atoms. The molecule has 0 aromatic carbocycles. The maximum atomic E-state index is 10.3. The molecule has 0 saturated carbocycles. The second-order valence-corrected chi connectivity index (χ2v) is 3.11. The molecule has 0 fully saturated rings. The van der Waals surface area contributed by atoms with E-state index in [9.17, 15) is 4.79 Å². The van der Waals surface area contributed by atoms with Crippen LogP contribution in [0.4, 0.5) is 0 Å². The number of ether oxygens (including phenoxy) is 1. The summed E-state index contributed by atoms with van der Waals surface area (Å²) in [6, 6.07) is 0. The van der Waals surface area contributed by atoms with Crippen molar-refractivity contribution in [2.75, 3.05) is 6.61 Å². The summed E-state index contributed by atoms with van der Waals surface area (Å²) in [5, 5.41) is 17.6. The zero-order valence-corrected chi connectivity index (χ0v) is 7.70. The summed E-state index contributed by atoms with van der Waals surface area (Å²) in [5.41, 5.74) is 0. The SMILES string of the molecule is CC[C@H](C)CO[C@](C)(O)C(=O)O. The molecule has 0 spiro atoms. The van der Waals surface area contributed by atoms with E-state index in [-0.39, 0.29) is 12.5 Å². The predicted octanol–water partition coefficient (Wildman–Crippen LogP) is 0.842. The molecule has 0 aromatic heterocycles. The Bertz CT molecular complexity index is 153. The average Bonchev–Trinajstić information content (AvgIpc) is 2.00. The Hall–Kier alpha value is -0.610. The van der Waals surface area contributed by atoms with E-state index in [1.165, 1.54) is 0 Å². The number of aliphatic hydroxyl groups is 1. The van der Waals surface area contributed by atoms with Crippen molar-refractivity contribution in [2.45, 2.75) is 33.0 Å². The number of aliphatic carboxylic acids is 1. The van der Waals surface area contributed by atoms with Gasteiger partial charge in [0.2, 0.25) is 0 Å². The highest BCUT2D eigenvalue weighted by Gasteiger charge is 2.31. The molecule has 4 heteroatoms. The Morgan fingerprint density at radius 3 is 2.50 bits per heavy atom. The highest BCUT2D eigenvalue weighted by molar-refractivity contribution is 5.74. The molecule has 12 heavy (non-hydrogen) atoms. The van der Waals surface area contributed by atoms with E-state index in [1.807, 2.05) is 13.8 Å². The molecule has 0 aliphatic rings. The molecule has 0 amide bonds. The Kier molecular flexibility index (Phi) is 4.20. The van der Waals surface area contributed by atoms with Gasteiger partial charge in [0, 0.05) is 6.92 Å². The summed E-state index contributed by atoms with van der Waals surface area (Å²) in [7, 11) is 0. The summed E-state index contributed by atoms with van der Waals surface area (Å²) < 4.78 is 4.80. The number of carboxylic acids is 1. The van der Waals surface area contributed by atoms with E-state index < -0.39 is 11.8 Å². The molecule has 0 rings (SSSR count). The molecule has 2 atom stereocenters. The first kappa shape index (κ1) is 11.4. The Labute approximate surface area is 72.2 Å². The molecule has 0 unspecified atom stereocenters. The third kappa shape index (κ3) is 3.69. The minimum absolute atomic E-state index is 0.260. The fourth-order valence-corrected chi connectivity index (χ4v) is 0.484. The smallest absolute Gasteiger partial charge is 0.363 e. The van der Waals surface area contributed by atoms with Crippen molar-refractivity contribution in [2.24, 2.45) is 5.92 Å². The molecular weight excluding hydrogens is 160 g/mol. The highest BCUT2D eigenvalue weighted by atomic mass is 16.6. The predicted molar refractivity (Wildman–Crippen MR) is 43.7 cm³/mol. The fourth-order valence-electron chi connectivity index (χ4n) is 0.484. The van der Waals surface area contributed by atoms with Gasteiger partial charge in [-0.05, 0) is 5.92 Å². The van der Waals surface area contributed by atoms with Crippen molar-refractivity contribution in [1.29, 1.82) is 0 Å². The minimum atomic E-state index is -2.05. The lowest BCUT2D eigenvalue weighted by Crippen LogP contribution is -2.39. The summed E-state index contributed by atoms with van der Waals surface area (Å²) in [5.74, 6) is -3.15. The van der Waals surface area contributed by atoms with Gasteiger partial charge < -0.3 is 14.9 Å². The van der Waals surface area contributed by atoms with Crippen molar-refractivity contribution in [1.82, 2.24) is 0 Å². The summed E-state index contributed by atoms with van der Waals surface area (Å²) in [6.07, 6.45) is 0.899. The van der Waals surface area contributed by atoms with Gasteiger partial charge in [0.25, 0.3) is 5.79 Å². The lowest BCUT2D eigenvalue weighted by molar-refractivity contribution is -0.219. The zero-order valence-electron chi connectivity index (χ0n) is 7.70. The molecule has 0 radical (unpaired) electrons. The van der Waals surface area contributed by atoms with E-state index >= 15 is 0 Å². The molecular formula is C8H16O4. The summed E-state index contributed by atoms with van der Waals surface area (Å²) in [4.78, 5) is 10.3. The van der Waals surface area contributed by atoms with E-state index in [1.54, 1.807) is 0 Å². The average molecular weight is 176 g/mol. The number of carbonyl (C=O) groups is 1. The second-order valence-electron chi connectivity index (χ2n) is 3.11. The minimum Gasteiger partial charge on any atom is -0.477 e. The molecule has 0 aliphatic carbocycles. The number of carboxylic acid groups (broad SMARTS) is 1. The molecule has 0 saturated heterocycles. The number of rotatable bonds is 5. The largest absolute Gasteiger partial charge is 0.477 e. The van der Waals surface area contributed by atoms with E-state index in [2.05, 4.69) is 0 Å². The van der Waals surface area contributed by atoms with Crippen molar-refractivity contribution in [3.63, 3.8) is 0 Å². The fraction of sp³-hybridized carbons (Fsp3) is 0.875. The van der Waals surface area contributed by atoms with E-state index in [4.69, 9.17) is 14.9 Å². The van der Waals surface area contributed by atoms with E-state index in [0.29, 0.717) is 0 Å². The van der Waals surface area contributed by atoms with Gasteiger partial charge in [0.05, 0.1) is 6.61 Å². The summed E-state index contributed by atoms with van der Waals surface area (Å²) in [6.45, 7) is 5.29. The van der Waals surface area contributed by atoms with Gasteiger partial charge in [-0.1, -0.05) is 20.3 Å². The molecule has 0 aromatic rings. The number of hydrogen-bond acceptors (Lipinski definition) is 3. The molecule has 72 valence electrons. The molecule has 2 N–H and O–H groups in total. The van der Waals surface area contributed by atoms with E-state index in [0.717, 1.165) is 13.3 Å². The van der Waals surface area contributed by atoms with Crippen molar-refractivity contribution >= 4 is 5.97 Å². The van der Waals surface area contributed by atoms with Crippen molar-refractivity contribution in [3.8, 4) is 0 Å². The lowest BCUT2D eigenvalue weighted by Gasteiger charge is -2.20. The maximum absolute atomic E-state index is 10.3. The third-order valence-electron chi connectivity index (χ3n) is 1.74. The topological polar surface area (TPSA) is 66.8 Å². The second kappa shape index (κ2) is 4.42. The van der Waals surface area contributed by atoms with Gasteiger partial charge in [-0.2, -0.15) is 0 Å².